The average Bonchev–Trinajstić information content (AvgIpc) is 3.37. The molecule has 0 amide bonds. The summed E-state index contributed by atoms with van der Waals surface area (Å²) in [6.07, 6.45) is 12.9. The van der Waals surface area contributed by atoms with E-state index in [4.69, 9.17) is 4.98 Å². The Labute approximate surface area is 226 Å². The van der Waals surface area contributed by atoms with Gasteiger partial charge in [-0.2, -0.15) is 0 Å². The third kappa shape index (κ3) is 5.88. The summed E-state index contributed by atoms with van der Waals surface area (Å²) in [4.78, 5) is 20.7. The maximum absolute atomic E-state index is 4.90. The molecule has 0 bridgehead atoms. The van der Waals surface area contributed by atoms with Crippen LogP contribution in [-0.4, -0.2) is 75.7 Å². The molecule has 2 atom stereocenters. The molecule has 2 aliphatic heterocycles. The Morgan fingerprint density at radius 3 is 2.55 bits per heavy atom. The number of nitrogens with one attached hydrogen (secondary N) is 1. The second kappa shape index (κ2) is 11.6. The van der Waals surface area contributed by atoms with Crippen LogP contribution in [0.1, 0.15) is 29.8 Å². The van der Waals surface area contributed by atoms with Gasteiger partial charge in [-0.1, -0.05) is 54.6 Å². The van der Waals surface area contributed by atoms with Crippen molar-refractivity contribution in [1.29, 1.82) is 0 Å². The first-order valence-corrected chi connectivity index (χ1v) is 14.0. The third-order valence-corrected chi connectivity index (χ3v) is 8.07. The molecule has 3 aliphatic rings. The molecule has 1 aliphatic carbocycles. The first-order chi connectivity index (χ1) is 18.7. The molecule has 6 heteroatoms. The third-order valence-electron chi connectivity index (χ3n) is 8.07. The van der Waals surface area contributed by atoms with Crippen molar-refractivity contribution in [2.24, 2.45) is 4.99 Å². The lowest BCUT2D eigenvalue weighted by Crippen LogP contribution is -2.45. The Morgan fingerprint density at radius 2 is 1.74 bits per heavy atom. The first kappa shape index (κ1) is 25.0. The minimum absolute atomic E-state index is 0.322. The predicted octanol–water partition coefficient (Wildman–Crippen LogP) is 4.97. The van der Waals surface area contributed by atoms with E-state index >= 15 is 0 Å². The number of imidazole rings is 1. The van der Waals surface area contributed by atoms with Crippen molar-refractivity contribution in [2.45, 2.75) is 44.6 Å². The quantitative estimate of drug-likeness (QED) is 0.417. The summed E-state index contributed by atoms with van der Waals surface area (Å²) in [5.41, 5.74) is 6.22. The number of H-pyrrole nitrogens is 1. The molecule has 38 heavy (non-hydrogen) atoms. The van der Waals surface area contributed by atoms with Crippen molar-refractivity contribution in [3.8, 4) is 0 Å². The molecule has 1 saturated heterocycles. The molecule has 0 radical (unpaired) electrons. The van der Waals surface area contributed by atoms with Crippen LogP contribution in [0.4, 0.5) is 0 Å². The van der Waals surface area contributed by atoms with Gasteiger partial charge in [0.25, 0.3) is 0 Å². The molecular weight excluding hydrogens is 468 g/mol. The van der Waals surface area contributed by atoms with Crippen LogP contribution in [0.2, 0.25) is 0 Å². The van der Waals surface area contributed by atoms with Gasteiger partial charge in [0.15, 0.2) is 0 Å². The number of nitrogens with zero attached hydrogens (tertiary/aromatic N) is 5. The molecule has 6 nitrogen and oxygen atoms in total. The fourth-order valence-corrected chi connectivity index (χ4v) is 5.95. The van der Waals surface area contributed by atoms with Crippen molar-refractivity contribution >= 4 is 17.2 Å². The van der Waals surface area contributed by atoms with E-state index in [0.29, 0.717) is 12.1 Å². The smallest absolute Gasteiger partial charge is 0.121 e. The van der Waals surface area contributed by atoms with E-state index in [2.05, 4.69) is 98.0 Å². The molecule has 1 N–H and O–H groups in total. The number of piperazine rings is 1. The maximum Gasteiger partial charge on any atom is 0.121 e. The number of allylic oxidation sites excluding steroid dienone is 1. The summed E-state index contributed by atoms with van der Waals surface area (Å²) in [6, 6.07) is 18.2. The van der Waals surface area contributed by atoms with Crippen LogP contribution in [0, 0.1) is 0 Å². The van der Waals surface area contributed by atoms with Gasteiger partial charge < -0.3 is 4.98 Å². The zero-order valence-electron chi connectivity index (χ0n) is 22.2. The van der Waals surface area contributed by atoms with Gasteiger partial charge in [-0.3, -0.25) is 19.7 Å². The van der Waals surface area contributed by atoms with Gasteiger partial charge in [0.05, 0.1) is 23.6 Å². The molecule has 3 heterocycles. The minimum atomic E-state index is 0.322. The van der Waals surface area contributed by atoms with Crippen molar-refractivity contribution in [2.75, 3.05) is 32.7 Å². The van der Waals surface area contributed by atoms with Crippen molar-refractivity contribution in [1.82, 2.24) is 24.7 Å². The molecule has 3 aromatic rings. The van der Waals surface area contributed by atoms with E-state index in [0.717, 1.165) is 82.1 Å². The van der Waals surface area contributed by atoms with E-state index < -0.39 is 0 Å². The van der Waals surface area contributed by atoms with Crippen molar-refractivity contribution in [3.05, 3.63) is 102 Å². The lowest BCUT2D eigenvalue weighted by Gasteiger charge is -2.35. The van der Waals surface area contributed by atoms with E-state index in [9.17, 15) is 0 Å². The second-order valence-corrected chi connectivity index (χ2v) is 10.8. The number of rotatable bonds is 9. The molecule has 0 spiro atoms. The molecule has 2 unspecified atom stereocenters. The minimum Gasteiger partial charge on any atom is -0.341 e. The van der Waals surface area contributed by atoms with Gasteiger partial charge in [0.2, 0.25) is 0 Å². The van der Waals surface area contributed by atoms with Gasteiger partial charge in [-0.05, 0) is 47.8 Å². The van der Waals surface area contributed by atoms with Crippen LogP contribution in [0.5, 0.6) is 0 Å². The van der Waals surface area contributed by atoms with Gasteiger partial charge in [-0.25, -0.2) is 4.98 Å². The molecule has 196 valence electrons. The first-order valence-electron chi connectivity index (χ1n) is 14.0. The van der Waals surface area contributed by atoms with Crippen LogP contribution in [0.3, 0.4) is 0 Å². The highest BCUT2D eigenvalue weighted by molar-refractivity contribution is 5.75. The van der Waals surface area contributed by atoms with E-state index in [1.165, 1.54) is 16.7 Å². The lowest BCUT2D eigenvalue weighted by molar-refractivity contribution is 0.137. The summed E-state index contributed by atoms with van der Waals surface area (Å²) in [7, 11) is 0. The zero-order chi connectivity index (χ0) is 25.7. The number of hydrogen-bond donors (Lipinski definition) is 1. The zero-order valence-corrected chi connectivity index (χ0v) is 22.2. The number of hydrogen-bond acceptors (Lipinski definition) is 5. The fourth-order valence-electron chi connectivity index (χ4n) is 5.95. The Bertz CT molecular complexity index is 1290. The van der Waals surface area contributed by atoms with Crippen LogP contribution >= 0.6 is 0 Å². The van der Waals surface area contributed by atoms with E-state index in [-0.39, 0.29) is 0 Å². The van der Waals surface area contributed by atoms with Gasteiger partial charge >= 0.3 is 0 Å². The van der Waals surface area contributed by atoms with Crippen LogP contribution in [0.15, 0.2) is 90.0 Å². The summed E-state index contributed by atoms with van der Waals surface area (Å²) < 4.78 is 0. The van der Waals surface area contributed by atoms with Crippen molar-refractivity contribution in [3.63, 3.8) is 0 Å². The Hall–Kier alpha value is -3.32. The Balaban J connectivity index is 1.16. The number of dihydropyridines is 1. The summed E-state index contributed by atoms with van der Waals surface area (Å²) in [5.74, 6) is 1.02. The molecule has 0 saturated carbocycles. The topological polar surface area (TPSA) is 50.8 Å². The van der Waals surface area contributed by atoms with Crippen LogP contribution in [0.25, 0.3) is 11.0 Å². The number of aromatic amines is 1. The highest BCUT2D eigenvalue weighted by Crippen LogP contribution is 2.29. The predicted molar refractivity (Wildman–Crippen MR) is 156 cm³/mol. The molecule has 6 rings (SSSR count). The molecule has 1 fully saturated rings. The highest BCUT2D eigenvalue weighted by atomic mass is 15.3. The van der Waals surface area contributed by atoms with Gasteiger partial charge in [0.1, 0.15) is 5.82 Å². The van der Waals surface area contributed by atoms with E-state index in [1.54, 1.807) is 0 Å². The molecule has 2 aromatic carbocycles. The summed E-state index contributed by atoms with van der Waals surface area (Å²) in [5, 5.41) is 0. The average molecular weight is 507 g/mol. The number of fused-ring (bicyclic) bond motifs is 2. The van der Waals surface area contributed by atoms with Gasteiger partial charge in [-0.15, -0.1) is 6.58 Å². The van der Waals surface area contributed by atoms with Crippen LogP contribution in [-0.2, 0) is 19.6 Å². The summed E-state index contributed by atoms with van der Waals surface area (Å²) >= 11 is 0. The number of benzene rings is 2. The van der Waals surface area contributed by atoms with E-state index in [1.807, 2.05) is 12.3 Å². The van der Waals surface area contributed by atoms with Crippen molar-refractivity contribution < 1.29 is 0 Å². The highest BCUT2D eigenvalue weighted by Gasteiger charge is 2.27. The second-order valence-electron chi connectivity index (χ2n) is 10.8. The monoisotopic (exact) mass is 506 g/mol. The number of aliphatic imine (C=N–C) groups is 1. The summed E-state index contributed by atoms with van der Waals surface area (Å²) in [6.45, 7) is 12.1. The standard InChI is InChI=1S/C32H38N6/c1-2-16-36-17-19-37(20-18-36)22-25-9-11-26(12-10-25)23-38(24-32-34-30-7-3-4-8-31(30)35-32)28-13-14-29-27(21-28)6-5-15-33-29/h2-12,15,21,28-29H,1,13-14,16-20,22-24H2,(H,34,35). The lowest BCUT2D eigenvalue weighted by atomic mass is 9.89. The molecular formula is C32H38N6. The Kier molecular flexibility index (Phi) is 7.63. The SMILES string of the molecule is C=CCN1CCN(Cc2ccc(CN(Cc3nc4ccccc4[nH]3)C3C=C4C=CC=NC4CC3)cc2)CC1. The van der Waals surface area contributed by atoms with Crippen LogP contribution < -0.4 is 0 Å². The number of para-hydroxylation sites is 2. The fraction of sp³-hybridized carbons (Fsp3) is 0.375. The molecule has 1 aromatic heterocycles. The largest absolute Gasteiger partial charge is 0.341 e. The Morgan fingerprint density at radius 1 is 0.947 bits per heavy atom. The van der Waals surface area contributed by atoms with Gasteiger partial charge in [0, 0.05) is 58.1 Å². The normalized spacial score (nSPS) is 22.1. The number of aromatic nitrogens is 2. The maximum atomic E-state index is 4.90.